The first-order valence-corrected chi connectivity index (χ1v) is 6.41. The normalized spacial score (nSPS) is 22.3. The van der Waals surface area contributed by atoms with Gasteiger partial charge in [-0.25, -0.2) is 4.79 Å². The summed E-state index contributed by atoms with van der Waals surface area (Å²) in [5, 5.41) is 6.30. The Kier molecular flexibility index (Phi) is 3.02. The zero-order valence-electron chi connectivity index (χ0n) is 10.2. The number of hydrogen-bond acceptors (Lipinski definition) is 2. The van der Waals surface area contributed by atoms with Crippen molar-refractivity contribution < 1.29 is 4.79 Å². The smallest absolute Gasteiger partial charge is 0.308 e. The number of amides is 2. The average Bonchev–Trinajstić information content (AvgIpc) is 2.84. The third-order valence-corrected chi connectivity index (χ3v) is 3.49. The van der Waals surface area contributed by atoms with Crippen molar-refractivity contribution in [1.29, 1.82) is 0 Å². The molecule has 1 saturated heterocycles. The summed E-state index contributed by atoms with van der Waals surface area (Å²) >= 11 is 0. The summed E-state index contributed by atoms with van der Waals surface area (Å²) in [5.41, 5.74) is 1.97. The van der Waals surface area contributed by atoms with Crippen LogP contribution in [0.15, 0.2) is 42.1 Å². The third kappa shape index (κ3) is 2.11. The Balaban J connectivity index is 1.72. The number of allylic oxidation sites excluding steroid dienone is 1. The fourth-order valence-electron chi connectivity index (χ4n) is 2.56. The highest BCUT2D eigenvalue weighted by molar-refractivity contribution is 5.90. The molecule has 1 atom stereocenters. The van der Waals surface area contributed by atoms with Crippen molar-refractivity contribution in [3.63, 3.8) is 0 Å². The molecule has 1 aromatic carbocycles. The van der Waals surface area contributed by atoms with Crippen LogP contribution in [0.5, 0.6) is 0 Å². The molecule has 1 fully saturated rings. The van der Waals surface area contributed by atoms with Crippen LogP contribution in [0.1, 0.15) is 19.3 Å². The molecular formula is C14H17N3O. The van der Waals surface area contributed by atoms with Gasteiger partial charge in [0.2, 0.25) is 0 Å². The molecule has 18 heavy (non-hydrogen) atoms. The van der Waals surface area contributed by atoms with E-state index in [2.05, 4.69) is 16.7 Å². The number of benzene rings is 1. The molecule has 0 radical (unpaired) electrons. The summed E-state index contributed by atoms with van der Waals surface area (Å²) in [6.45, 7) is 0.606. The van der Waals surface area contributed by atoms with E-state index >= 15 is 0 Å². The summed E-state index contributed by atoms with van der Waals surface area (Å²) in [5.74, 6) is 0. The number of para-hydroxylation sites is 1. The van der Waals surface area contributed by atoms with Crippen molar-refractivity contribution in [1.82, 2.24) is 10.2 Å². The van der Waals surface area contributed by atoms with E-state index in [1.165, 1.54) is 6.42 Å². The zero-order chi connectivity index (χ0) is 12.4. The third-order valence-electron chi connectivity index (χ3n) is 3.49. The van der Waals surface area contributed by atoms with Crippen LogP contribution >= 0.6 is 0 Å². The minimum absolute atomic E-state index is 0.0515. The summed E-state index contributed by atoms with van der Waals surface area (Å²) in [7, 11) is 0. The standard InChI is InChI=1S/C14H17N3O/c18-14(16-11-6-2-1-3-7-11)17-10-15-12-8-4-5-9-13(12)17/h1-3,6-7,9,12,15H,4-5,8,10H2,(H,16,18). The van der Waals surface area contributed by atoms with E-state index in [0.29, 0.717) is 12.7 Å². The number of nitrogens with zero attached hydrogens (tertiary/aromatic N) is 1. The van der Waals surface area contributed by atoms with E-state index in [4.69, 9.17) is 0 Å². The second-order valence-electron chi connectivity index (χ2n) is 4.70. The molecule has 4 nitrogen and oxygen atoms in total. The number of carbonyl (C=O) groups excluding carboxylic acids is 1. The van der Waals surface area contributed by atoms with Gasteiger partial charge in [-0.3, -0.25) is 10.2 Å². The predicted molar refractivity (Wildman–Crippen MR) is 71.0 cm³/mol. The van der Waals surface area contributed by atoms with Crippen LogP contribution in [-0.2, 0) is 0 Å². The molecule has 1 aliphatic carbocycles. The molecule has 1 aliphatic heterocycles. The number of anilines is 1. The molecule has 3 rings (SSSR count). The molecular weight excluding hydrogens is 226 g/mol. The van der Waals surface area contributed by atoms with Gasteiger partial charge in [0.15, 0.2) is 0 Å². The van der Waals surface area contributed by atoms with E-state index < -0.39 is 0 Å². The molecule has 1 heterocycles. The highest BCUT2D eigenvalue weighted by Gasteiger charge is 2.32. The van der Waals surface area contributed by atoms with Crippen LogP contribution in [0, 0.1) is 0 Å². The maximum atomic E-state index is 12.2. The molecule has 0 aromatic heterocycles. The van der Waals surface area contributed by atoms with Crippen LogP contribution < -0.4 is 10.6 Å². The van der Waals surface area contributed by atoms with E-state index in [1.807, 2.05) is 30.3 Å². The Morgan fingerprint density at radius 1 is 1.33 bits per heavy atom. The quantitative estimate of drug-likeness (QED) is 0.796. The minimum atomic E-state index is -0.0515. The lowest BCUT2D eigenvalue weighted by Gasteiger charge is -2.22. The van der Waals surface area contributed by atoms with Crippen LogP contribution in [0.4, 0.5) is 10.5 Å². The molecule has 2 N–H and O–H groups in total. The SMILES string of the molecule is O=C(Nc1ccccc1)N1CNC2CCCC=C21. The lowest BCUT2D eigenvalue weighted by molar-refractivity contribution is 0.228. The molecule has 94 valence electrons. The second kappa shape index (κ2) is 4.82. The zero-order valence-corrected chi connectivity index (χ0v) is 10.2. The van der Waals surface area contributed by atoms with Crippen molar-refractivity contribution in [3.8, 4) is 0 Å². The van der Waals surface area contributed by atoms with E-state index in [9.17, 15) is 4.79 Å². The summed E-state index contributed by atoms with van der Waals surface area (Å²) in [6.07, 6.45) is 5.58. The first kappa shape index (κ1) is 11.3. The number of carbonyl (C=O) groups is 1. The highest BCUT2D eigenvalue weighted by Crippen LogP contribution is 2.26. The van der Waals surface area contributed by atoms with Crippen LogP contribution in [0.3, 0.4) is 0 Å². The van der Waals surface area contributed by atoms with Gasteiger partial charge in [-0.15, -0.1) is 0 Å². The van der Waals surface area contributed by atoms with Gasteiger partial charge >= 0.3 is 6.03 Å². The maximum absolute atomic E-state index is 12.2. The fraction of sp³-hybridized carbons (Fsp3) is 0.357. The van der Waals surface area contributed by atoms with Gasteiger partial charge in [-0.2, -0.15) is 0 Å². The lowest BCUT2D eigenvalue weighted by Crippen LogP contribution is -2.33. The summed E-state index contributed by atoms with van der Waals surface area (Å²) < 4.78 is 0. The number of fused-ring (bicyclic) bond motifs is 1. The number of hydrogen-bond donors (Lipinski definition) is 2. The van der Waals surface area contributed by atoms with Gasteiger partial charge in [-0.1, -0.05) is 24.3 Å². The van der Waals surface area contributed by atoms with Crippen molar-refractivity contribution in [2.75, 3.05) is 12.0 Å². The topological polar surface area (TPSA) is 44.4 Å². The van der Waals surface area contributed by atoms with Crippen molar-refractivity contribution in [2.45, 2.75) is 25.3 Å². The van der Waals surface area contributed by atoms with Crippen LogP contribution in [0.2, 0.25) is 0 Å². The largest absolute Gasteiger partial charge is 0.327 e. The van der Waals surface area contributed by atoms with Gasteiger partial charge < -0.3 is 5.32 Å². The lowest BCUT2D eigenvalue weighted by atomic mass is 10.0. The van der Waals surface area contributed by atoms with E-state index in [-0.39, 0.29) is 6.03 Å². The molecule has 0 bridgehead atoms. The Morgan fingerprint density at radius 3 is 3.00 bits per heavy atom. The van der Waals surface area contributed by atoms with Crippen molar-refractivity contribution in [3.05, 3.63) is 42.1 Å². The fourth-order valence-corrected chi connectivity index (χ4v) is 2.56. The Hall–Kier alpha value is -1.81. The first-order chi connectivity index (χ1) is 8.84. The van der Waals surface area contributed by atoms with Gasteiger partial charge in [0.25, 0.3) is 0 Å². The van der Waals surface area contributed by atoms with Crippen LogP contribution in [-0.4, -0.2) is 23.6 Å². The molecule has 2 aliphatic rings. The second-order valence-corrected chi connectivity index (χ2v) is 4.70. The maximum Gasteiger partial charge on any atom is 0.327 e. The molecule has 1 unspecified atom stereocenters. The summed E-state index contributed by atoms with van der Waals surface area (Å²) in [6, 6.07) is 9.88. The summed E-state index contributed by atoms with van der Waals surface area (Å²) in [4.78, 5) is 14.0. The van der Waals surface area contributed by atoms with Gasteiger partial charge in [0.05, 0.1) is 6.67 Å². The highest BCUT2D eigenvalue weighted by atomic mass is 16.2. The van der Waals surface area contributed by atoms with Gasteiger partial charge in [0.1, 0.15) is 0 Å². The van der Waals surface area contributed by atoms with E-state index in [1.54, 1.807) is 4.90 Å². The average molecular weight is 243 g/mol. The number of nitrogens with one attached hydrogen (secondary N) is 2. The van der Waals surface area contributed by atoms with Crippen molar-refractivity contribution >= 4 is 11.7 Å². The Morgan fingerprint density at radius 2 is 2.17 bits per heavy atom. The Labute approximate surface area is 107 Å². The predicted octanol–water partition coefficient (Wildman–Crippen LogP) is 2.52. The number of urea groups is 1. The first-order valence-electron chi connectivity index (χ1n) is 6.41. The van der Waals surface area contributed by atoms with Crippen LogP contribution in [0.25, 0.3) is 0 Å². The molecule has 1 aromatic rings. The van der Waals surface area contributed by atoms with Gasteiger partial charge in [-0.05, 0) is 31.4 Å². The van der Waals surface area contributed by atoms with E-state index in [0.717, 1.165) is 24.2 Å². The minimum Gasteiger partial charge on any atom is -0.308 e. The molecule has 0 spiro atoms. The molecule has 0 saturated carbocycles. The van der Waals surface area contributed by atoms with Gasteiger partial charge in [0, 0.05) is 17.4 Å². The number of rotatable bonds is 1. The molecule has 2 amide bonds. The monoisotopic (exact) mass is 243 g/mol. The molecule has 4 heteroatoms. The van der Waals surface area contributed by atoms with Crippen molar-refractivity contribution in [2.24, 2.45) is 0 Å². The Bertz CT molecular complexity index is 469.